The van der Waals surface area contributed by atoms with E-state index in [0.29, 0.717) is 0 Å². The zero-order chi connectivity index (χ0) is 17.2. The Morgan fingerprint density at radius 3 is 1.23 bits per heavy atom. The van der Waals surface area contributed by atoms with Crippen molar-refractivity contribution in [1.82, 2.24) is 0 Å². The molecule has 0 N–H and O–H groups in total. The second kappa shape index (κ2) is 8.15. The third kappa shape index (κ3) is 4.00. The molecule has 0 bridgehead atoms. The van der Waals surface area contributed by atoms with Crippen molar-refractivity contribution in [2.45, 2.75) is 65.7 Å². The summed E-state index contributed by atoms with van der Waals surface area (Å²) in [6.45, 7) is 19.1. The molecule has 0 heterocycles. The molecule has 2 rings (SSSR count). The molecule has 0 radical (unpaired) electrons. The molecule has 4 heteroatoms. The fourth-order valence-corrected chi connectivity index (χ4v) is 10.2. The number of halogens is 2. The van der Waals surface area contributed by atoms with Crippen LogP contribution in [-0.2, 0) is 20.8 Å². The Hall–Kier alpha value is 0.640. The molecule has 2 atom stereocenters. The second-order valence-electron chi connectivity index (χ2n) is 7.27. The molecule has 0 aromatic heterocycles. The van der Waals surface area contributed by atoms with E-state index in [0.717, 1.165) is 11.1 Å². The molecule has 0 spiro atoms. The molecule has 0 aromatic rings. The maximum atomic E-state index is 4.93. The van der Waals surface area contributed by atoms with Crippen LogP contribution in [0.5, 0.6) is 0 Å². The van der Waals surface area contributed by atoms with Gasteiger partial charge in [-0.05, 0) is 52.6 Å². The van der Waals surface area contributed by atoms with Crippen molar-refractivity contribution >= 4 is 25.1 Å². The van der Waals surface area contributed by atoms with Crippen molar-refractivity contribution in [3.05, 3.63) is 45.6 Å². The molecule has 2 aliphatic carbocycles. The summed E-state index contributed by atoms with van der Waals surface area (Å²) in [6.07, 6.45) is 4.82. The molecule has 0 amide bonds. The van der Waals surface area contributed by atoms with Crippen LogP contribution in [0.4, 0.5) is 0 Å². The van der Waals surface area contributed by atoms with Gasteiger partial charge < -0.3 is 0 Å². The van der Waals surface area contributed by atoms with Crippen molar-refractivity contribution in [2.75, 3.05) is 0 Å². The summed E-state index contributed by atoms with van der Waals surface area (Å²) in [5.74, 6) is 0. The molecule has 0 aromatic carbocycles. The molecule has 0 saturated carbocycles. The summed E-state index contributed by atoms with van der Waals surface area (Å²) >= 11 is -0.826. The molecule has 2 aliphatic rings. The van der Waals surface area contributed by atoms with Crippen LogP contribution in [0.1, 0.15) is 41.5 Å². The van der Waals surface area contributed by atoms with E-state index in [4.69, 9.17) is 17.0 Å². The van der Waals surface area contributed by atoms with E-state index in [1.54, 1.807) is 22.3 Å². The number of hydrogen-bond acceptors (Lipinski definition) is 0. The van der Waals surface area contributed by atoms with Gasteiger partial charge in [-0.3, -0.25) is 0 Å². The molecule has 122 valence electrons. The quantitative estimate of drug-likeness (QED) is 0.397. The van der Waals surface area contributed by atoms with Gasteiger partial charge in [-0.2, -0.15) is 0 Å². The predicted octanol–water partition coefficient (Wildman–Crippen LogP) is 7.40. The average Bonchev–Trinajstić information content (AvgIpc) is 2.78. The second-order valence-corrected chi connectivity index (χ2v) is 15.8. The van der Waals surface area contributed by atoms with Gasteiger partial charge in [-0.25, -0.2) is 0 Å². The predicted molar refractivity (Wildman–Crippen MR) is 101 cm³/mol. The summed E-state index contributed by atoms with van der Waals surface area (Å²) in [6, 6.07) is 0. The minimum atomic E-state index is -1.43. The Bertz CT molecular complexity index is 520. The van der Waals surface area contributed by atoms with E-state index >= 15 is 0 Å². The standard InChI is InChI=1S/C18H28Si.2ClH.Zr/c1-11-9-13(3)17(15(11)5)19(7,8)18-14(4)10-12(2)16(18)6;;;/h9-10,17-18H,1-8H3;2*1H;/q;;;+2/p-2. The fraction of sp³-hybridized carbons (Fsp3) is 0.556. The van der Waals surface area contributed by atoms with Crippen LogP contribution < -0.4 is 0 Å². The Morgan fingerprint density at radius 1 is 0.773 bits per heavy atom. The molecular formula is C18H28Cl2SiZr. The van der Waals surface area contributed by atoms with Crippen LogP contribution in [0.2, 0.25) is 24.2 Å². The van der Waals surface area contributed by atoms with Crippen molar-refractivity contribution in [3.63, 3.8) is 0 Å². The van der Waals surface area contributed by atoms with E-state index in [-0.39, 0.29) is 0 Å². The van der Waals surface area contributed by atoms with E-state index in [1.807, 2.05) is 0 Å². The topological polar surface area (TPSA) is 0 Å². The maximum absolute atomic E-state index is 4.93. The first-order valence-corrected chi connectivity index (χ1v) is 17.2. The van der Waals surface area contributed by atoms with Crippen molar-refractivity contribution in [3.8, 4) is 0 Å². The van der Waals surface area contributed by atoms with Gasteiger partial charge in [0.25, 0.3) is 0 Å². The van der Waals surface area contributed by atoms with Gasteiger partial charge in [0.15, 0.2) is 0 Å². The van der Waals surface area contributed by atoms with Gasteiger partial charge in [0.1, 0.15) is 0 Å². The number of hydrogen-bond donors (Lipinski definition) is 0. The van der Waals surface area contributed by atoms with Crippen molar-refractivity contribution < 1.29 is 20.8 Å². The molecule has 0 saturated heterocycles. The van der Waals surface area contributed by atoms with Gasteiger partial charge in [0, 0.05) is 0 Å². The van der Waals surface area contributed by atoms with Crippen LogP contribution in [0.3, 0.4) is 0 Å². The van der Waals surface area contributed by atoms with Gasteiger partial charge in [-0.1, -0.05) is 58.7 Å². The van der Waals surface area contributed by atoms with E-state index in [9.17, 15) is 0 Å². The van der Waals surface area contributed by atoms with E-state index in [2.05, 4.69) is 66.8 Å². The fourth-order valence-electron chi connectivity index (χ4n) is 4.67. The molecular weight excluding hydrogens is 406 g/mol. The molecule has 0 aliphatic heterocycles. The van der Waals surface area contributed by atoms with Crippen LogP contribution in [0, 0.1) is 0 Å². The minimum absolute atomic E-state index is 0.724. The zero-order valence-corrected chi connectivity index (χ0v) is 20.0. The van der Waals surface area contributed by atoms with Gasteiger partial charge in [-0.15, -0.1) is 0 Å². The van der Waals surface area contributed by atoms with E-state index in [1.165, 1.54) is 11.1 Å². The van der Waals surface area contributed by atoms with Crippen LogP contribution in [-0.4, -0.2) is 8.07 Å². The molecule has 2 unspecified atom stereocenters. The normalized spacial score (nSPS) is 25.0. The molecule has 22 heavy (non-hydrogen) atoms. The van der Waals surface area contributed by atoms with Gasteiger partial charge in [0.2, 0.25) is 0 Å². The SMILES string of the molecule is CC1=CC(C)=C(C)C1[Si](C)(C)C1C(C)=CC(C)=C1C.[Cl][Zr][Cl]. The Balaban J connectivity index is 0.000000745. The average molecular weight is 435 g/mol. The van der Waals surface area contributed by atoms with Crippen LogP contribution in [0.15, 0.2) is 45.6 Å². The van der Waals surface area contributed by atoms with Crippen molar-refractivity contribution in [1.29, 1.82) is 0 Å². The third-order valence-corrected chi connectivity index (χ3v) is 10.1. The summed E-state index contributed by atoms with van der Waals surface area (Å²) in [5.41, 5.74) is 10.9. The van der Waals surface area contributed by atoms with Crippen LogP contribution in [0.25, 0.3) is 0 Å². The third-order valence-electron chi connectivity index (χ3n) is 5.40. The Kier molecular flexibility index (Phi) is 7.66. The first-order valence-electron chi connectivity index (χ1n) is 7.76. The summed E-state index contributed by atoms with van der Waals surface area (Å²) in [7, 11) is 8.44. The monoisotopic (exact) mass is 432 g/mol. The van der Waals surface area contributed by atoms with E-state index < -0.39 is 28.9 Å². The summed E-state index contributed by atoms with van der Waals surface area (Å²) < 4.78 is 0. The molecule has 0 fully saturated rings. The van der Waals surface area contributed by atoms with Gasteiger partial charge >= 0.3 is 37.9 Å². The zero-order valence-electron chi connectivity index (χ0n) is 15.1. The Labute approximate surface area is 156 Å². The summed E-state index contributed by atoms with van der Waals surface area (Å²) in [4.78, 5) is 0. The number of rotatable bonds is 2. The van der Waals surface area contributed by atoms with Crippen molar-refractivity contribution in [2.24, 2.45) is 0 Å². The Morgan fingerprint density at radius 2 is 1.05 bits per heavy atom. The first kappa shape index (κ1) is 20.7. The van der Waals surface area contributed by atoms with Crippen LogP contribution >= 0.6 is 17.0 Å². The molecule has 0 nitrogen and oxygen atoms in total. The van der Waals surface area contributed by atoms with Gasteiger partial charge in [0.05, 0.1) is 8.07 Å². The number of allylic oxidation sites excluding steroid dienone is 8. The first-order chi connectivity index (χ1) is 10.1. The summed E-state index contributed by atoms with van der Waals surface area (Å²) in [5, 5.41) is 0.